The molecule has 2 unspecified atom stereocenters. The van der Waals surface area contributed by atoms with E-state index in [9.17, 15) is 5.11 Å². The van der Waals surface area contributed by atoms with E-state index in [0.29, 0.717) is 47.2 Å². The van der Waals surface area contributed by atoms with Crippen LogP contribution in [0.5, 0.6) is 23.0 Å². The molecular formula is C23H27N3O6S. The number of rotatable bonds is 10. The number of ether oxygens (including phenoxy) is 5. The van der Waals surface area contributed by atoms with E-state index in [-0.39, 0.29) is 12.7 Å². The van der Waals surface area contributed by atoms with Gasteiger partial charge in [0.2, 0.25) is 0 Å². The Morgan fingerprint density at radius 1 is 1.12 bits per heavy atom. The van der Waals surface area contributed by atoms with Crippen molar-refractivity contribution in [1.29, 1.82) is 0 Å². The maximum Gasteiger partial charge on any atom is 0.192 e. The number of benzene rings is 2. The summed E-state index contributed by atoms with van der Waals surface area (Å²) in [7, 11) is 5.06. The molecule has 176 valence electrons. The Labute approximate surface area is 196 Å². The second kappa shape index (κ2) is 10.8. The van der Waals surface area contributed by atoms with Gasteiger partial charge in [-0.05, 0) is 29.8 Å². The molecule has 1 aliphatic rings. The van der Waals surface area contributed by atoms with Gasteiger partial charge in [-0.3, -0.25) is 0 Å². The van der Waals surface area contributed by atoms with Gasteiger partial charge in [0.25, 0.3) is 0 Å². The van der Waals surface area contributed by atoms with E-state index in [4.69, 9.17) is 23.7 Å². The third-order valence-electron chi connectivity index (χ3n) is 5.10. The zero-order chi connectivity index (χ0) is 23.2. The number of aliphatic hydroxyl groups excluding tert-OH is 1. The zero-order valence-electron chi connectivity index (χ0n) is 18.8. The fraction of sp³-hybridized carbons (Fsp3) is 0.391. The van der Waals surface area contributed by atoms with Crippen molar-refractivity contribution in [2.24, 2.45) is 7.05 Å². The van der Waals surface area contributed by atoms with Crippen molar-refractivity contribution >= 4 is 11.8 Å². The van der Waals surface area contributed by atoms with Crippen LogP contribution in [0.2, 0.25) is 0 Å². The average molecular weight is 474 g/mol. The molecule has 1 aliphatic heterocycles. The maximum atomic E-state index is 10.3. The molecule has 33 heavy (non-hydrogen) atoms. The van der Waals surface area contributed by atoms with Gasteiger partial charge < -0.3 is 33.4 Å². The van der Waals surface area contributed by atoms with Crippen LogP contribution in [0.15, 0.2) is 47.6 Å². The Balaban J connectivity index is 1.25. The lowest BCUT2D eigenvalue weighted by Gasteiger charge is -2.25. The molecule has 0 spiro atoms. The molecule has 0 bridgehead atoms. The van der Waals surface area contributed by atoms with Crippen LogP contribution < -0.4 is 18.9 Å². The lowest BCUT2D eigenvalue weighted by atomic mass is 10.2. The average Bonchev–Trinajstić information content (AvgIpc) is 3.22. The highest BCUT2D eigenvalue weighted by atomic mass is 32.2. The van der Waals surface area contributed by atoms with Crippen molar-refractivity contribution in [3.05, 3.63) is 53.9 Å². The van der Waals surface area contributed by atoms with Crippen molar-refractivity contribution < 1.29 is 28.8 Å². The number of thioether (sulfide) groups is 1. The van der Waals surface area contributed by atoms with E-state index in [1.807, 2.05) is 54.1 Å². The fourth-order valence-electron chi connectivity index (χ4n) is 3.38. The minimum absolute atomic E-state index is 0.197. The molecule has 9 nitrogen and oxygen atoms in total. The first-order valence-corrected chi connectivity index (χ1v) is 11.4. The highest BCUT2D eigenvalue weighted by Gasteiger charge is 2.27. The SMILES string of the molecule is COc1ccc(COCC(O)CSc2nnc(C3COc4ccccc4O3)n2C)cc1OC. The fourth-order valence-corrected chi connectivity index (χ4v) is 4.20. The minimum atomic E-state index is -0.656. The number of aliphatic hydroxyl groups is 1. The van der Waals surface area contributed by atoms with Crippen LogP contribution in [-0.2, 0) is 18.4 Å². The highest BCUT2D eigenvalue weighted by molar-refractivity contribution is 7.99. The standard InChI is InChI=1S/C23H27N3O6S/c1-26-22(21-13-31-18-6-4-5-7-19(18)32-21)24-25-23(26)33-14-16(27)12-30-11-15-8-9-17(28-2)20(10-15)29-3/h4-10,16,21,27H,11-14H2,1-3H3. The number of hydrogen-bond donors (Lipinski definition) is 1. The Hall–Kier alpha value is -2.95. The van der Waals surface area contributed by atoms with E-state index in [0.717, 1.165) is 11.3 Å². The number of fused-ring (bicyclic) bond motifs is 1. The van der Waals surface area contributed by atoms with Crippen molar-refractivity contribution in [3.63, 3.8) is 0 Å². The predicted molar refractivity (Wildman–Crippen MR) is 122 cm³/mol. The largest absolute Gasteiger partial charge is 0.493 e. The molecular weight excluding hydrogens is 446 g/mol. The summed E-state index contributed by atoms with van der Waals surface area (Å²) in [4.78, 5) is 0. The van der Waals surface area contributed by atoms with E-state index in [2.05, 4.69) is 10.2 Å². The van der Waals surface area contributed by atoms with Gasteiger partial charge in [-0.1, -0.05) is 30.0 Å². The van der Waals surface area contributed by atoms with Crippen LogP contribution in [0.3, 0.4) is 0 Å². The highest BCUT2D eigenvalue weighted by Crippen LogP contribution is 2.36. The van der Waals surface area contributed by atoms with Gasteiger partial charge in [0, 0.05) is 12.8 Å². The van der Waals surface area contributed by atoms with Gasteiger partial charge in [-0.15, -0.1) is 10.2 Å². The molecule has 4 rings (SSSR count). The topological polar surface area (TPSA) is 97.1 Å². The van der Waals surface area contributed by atoms with Crippen LogP contribution in [-0.4, -0.2) is 59.2 Å². The van der Waals surface area contributed by atoms with Gasteiger partial charge in [-0.25, -0.2) is 0 Å². The summed E-state index contributed by atoms with van der Waals surface area (Å²) >= 11 is 1.41. The zero-order valence-corrected chi connectivity index (χ0v) is 19.6. The van der Waals surface area contributed by atoms with Crippen molar-refractivity contribution in [2.75, 3.05) is 33.2 Å². The summed E-state index contributed by atoms with van der Waals surface area (Å²) in [5, 5.41) is 19.5. The third kappa shape index (κ3) is 5.52. The monoisotopic (exact) mass is 473 g/mol. The molecule has 3 aromatic rings. The first-order valence-electron chi connectivity index (χ1n) is 10.5. The first kappa shape index (κ1) is 23.2. The second-order valence-corrected chi connectivity index (χ2v) is 8.42. The number of nitrogens with zero attached hydrogens (tertiary/aromatic N) is 3. The van der Waals surface area contributed by atoms with Crippen molar-refractivity contribution in [1.82, 2.24) is 14.8 Å². The summed E-state index contributed by atoms with van der Waals surface area (Å²) in [6.45, 7) is 0.916. The Morgan fingerprint density at radius 3 is 2.70 bits per heavy atom. The number of methoxy groups -OCH3 is 2. The van der Waals surface area contributed by atoms with E-state index < -0.39 is 6.10 Å². The van der Waals surface area contributed by atoms with Crippen molar-refractivity contribution in [2.45, 2.75) is 24.0 Å². The van der Waals surface area contributed by atoms with Crippen LogP contribution in [0.4, 0.5) is 0 Å². The van der Waals surface area contributed by atoms with Crippen LogP contribution >= 0.6 is 11.8 Å². The van der Waals surface area contributed by atoms with Crippen LogP contribution in [0.25, 0.3) is 0 Å². The van der Waals surface area contributed by atoms with E-state index >= 15 is 0 Å². The van der Waals surface area contributed by atoms with Crippen LogP contribution in [0.1, 0.15) is 17.5 Å². The molecule has 10 heteroatoms. The number of aromatic nitrogens is 3. The summed E-state index contributed by atoms with van der Waals surface area (Å²) in [5.74, 6) is 3.81. The minimum Gasteiger partial charge on any atom is -0.493 e. The first-order chi connectivity index (χ1) is 16.1. The molecule has 0 saturated carbocycles. The smallest absolute Gasteiger partial charge is 0.192 e. The molecule has 2 heterocycles. The van der Waals surface area contributed by atoms with Crippen molar-refractivity contribution in [3.8, 4) is 23.0 Å². The Kier molecular flexibility index (Phi) is 7.58. The lowest BCUT2D eigenvalue weighted by molar-refractivity contribution is 0.0397. The molecule has 0 aliphatic carbocycles. The third-order valence-corrected chi connectivity index (χ3v) is 6.26. The van der Waals surface area contributed by atoms with Gasteiger partial charge in [-0.2, -0.15) is 0 Å². The molecule has 0 radical (unpaired) electrons. The van der Waals surface area contributed by atoms with Gasteiger partial charge >= 0.3 is 0 Å². The summed E-state index contributed by atoms with van der Waals surface area (Å²) in [6, 6.07) is 13.1. The van der Waals surface area contributed by atoms with E-state index in [1.165, 1.54) is 11.8 Å². The molecule has 1 aromatic heterocycles. The maximum absolute atomic E-state index is 10.3. The Bertz CT molecular complexity index is 1080. The molecule has 0 saturated heterocycles. The normalized spacial score (nSPS) is 15.8. The quantitative estimate of drug-likeness (QED) is 0.446. The summed E-state index contributed by atoms with van der Waals surface area (Å²) in [5.41, 5.74) is 0.932. The van der Waals surface area contributed by atoms with Gasteiger partial charge in [0.15, 0.2) is 40.1 Å². The summed E-state index contributed by atoms with van der Waals surface area (Å²) in [6.07, 6.45) is -1.00. The van der Waals surface area contributed by atoms with Gasteiger partial charge in [0.05, 0.1) is 33.5 Å². The number of hydrogen-bond acceptors (Lipinski definition) is 9. The molecule has 0 amide bonds. The molecule has 2 atom stereocenters. The lowest BCUT2D eigenvalue weighted by Crippen LogP contribution is -2.24. The predicted octanol–water partition coefficient (Wildman–Crippen LogP) is 3.01. The molecule has 1 N–H and O–H groups in total. The summed E-state index contributed by atoms with van der Waals surface area (Å²) < 4.78 is 29.9. The Morgan fingerprint density at radius 2 is 1.91 bits per heavy atom. The second-order valence-electron chi connectivity index (χ2n) is 7.43. The molecule has 0 fully saturated rings. The van der Waals surface area contributed by atoms with Crippen LogP contribution in [0, 0.1) is 0 Å². The van der Waals surface area contributed by atoms with E-state index in [1.54, 1.807) is 14.2 Å². The van der Waals surface area contributed by atoms with Gasteiger partial charge in [0.1, 0.15) is 6.61 Å². The molecule has 2 aromatic carbocycles. The number of para-hydroxylation sites is 2.